The van der Waals surface area contributed by atoms with Crippen molar-refractivity contribution in [2.75, 3.05) is 4.72 Å². The molecule has 2 N–H and O–H groups in total. The van der Waals surface area contributed by atoms with E-state index < -0.39 is 16.0 Å². The maximum atomic E-state index is 12.3. The van der Waals surface area contributed by atoms with Gasteiger partial charge in [0.15, 0.2) is 0 Å². The van der Waals surface area contributed by atoms with Gasteiger partial charge in [0, 0.05) is 0 Å². The summed E-state index contributed by atoms with van der Waals surface area (Å²) in [6.45, 7) is 0. The van der Waals surface area contributed by atoms with Gasteiger partial charge in [-0.25, -0.2) is 13.2 Å². The van der Waals surface area contributed by atoms with Gasteiger partial charge < -0.3 is 5.11 Å². The molecular formula is C13H8Cl3NO4S. The molecule has 0 heterocycles. The van der Waals surface area contributed by atoms with Crippen LogP contribution in [0.4, 0.5) is 5.69 Å². The molecule has 0 saturated heterocycles. The predicted octanol–water partition coefficient (Wildman–Crippen LogP) is 4.15. The summed E-state index contributed by atoms with van der Waals surface area (Å²) in [5, 5.41) is 9.28. The number of rotatable bonds is 4. The Morgan fingerprint density at radius 1 is 0.955 bits per heavy atom. The standard InChI is InChI=1S/C13H8Cl3NO4S/c14-9-4-2-8(6-11(9)16)17-22(20,21)12-5-7(13(18)19)1-3-10(12)15/h1-6,17H,(H,18,19). The monoisotopic (exact) mass is 379 g/mol. The van der Waals surface area contributed by atoms with E-state index in [2.05, 4.69) is 4.72 Å². The lowest BCUT2D eigenvalue weighted by Gasteiger charge is -2.11. The fourth-order valence-corrected chi connectivity index (χ4v) is 3.49. The zero-order valence-electron chi connectivity index (χ0n) is 10.7. The summed E-state index contributed by atoms with van der Waals surface area (Å²) in [6, 6.07) is 7.57. The number of benzene rings is 2. The van der Waals surface area contributed by atoms with Gasteiger partial charge >= 0.3 is 5.97 Å². The van der Waals surface area contributed by atoms with Crippen LogP contribution in [-0.4, -0.2) is 19.5 Å². The molecule has 22 heavy (non-hydrogen) atoms. The average molecular weight is 381 g/mol. The molecule has 0 aliphatic carbocycles. The van der Waals surface area contributed by atoms with Gasteiger partial charge in [-0.05, 0) is 36.4 Å². The maximum absolute atomic E-state index is 12.3. The molecule has 0 saturated carbocycles. The van der Waals surface area contributed by atoms with Crippen LogP contribution < -0.4 is 4.72 Å². The topological polar surface area (TPSA) is 83.5 Å². The smallest absolute Gasteiger partial charge is 0.335 e. The van der Waals surface area contributed by atoms with Crippen molar-refractivity contribution in [2.45, 2.75) is 4.90 Å². The number of sulfonamides is 1. The predicted molar refractivity (Wildman–Crippen MR) is 85.7 cm³/mol. The molecule has 0 bridgehead atoms. The van der Waals surface area contributed by atoms with Gasteiger partial charge in [-0.2, -0.15) is 0 Å². The summed E-state index contributed by atoms with van der Waals surface area (Å²) in [7, 11) is -4.08. The van der Waals surface area contributed by atoms with Crippen LogP contribution in [0.1, 0.15) is 10.4 Å². The van der Waals surface area contributed by atoms with Gasteiger partial charge in [-0.15, -0.1) is 0 Å². The van der Waals surface area contributed by atoms with Crippen LogP contribution in [-0.2, 0) is 10.0 Å². The van der Waals surface area contributed by atoms with Crippen LogP contribution in [0.3, 0.4) is 0 Å². The Labute approximate surface area is 141 Å². The number of hydrogen-bond donors (Lipinski definition) is 2. The van der Waals surface area contributed by atoms with E-state index in [4.69, 9.17) is 39.9 Å². The fourth-order valence-electron chi connectivity index (χ4n) is 1.61. The Kier molecular flexibility index (Phi) is 4.87. The van der Waals surface area contributed by atoms with Gasteiger partial charge in [-0.1, -0.05) is 34.8 Å². The third-order valence-electron chi connectivity index (χ3n) is 2.64. The summed E-state index contributed by atoms with van der Waals surface area (Å²) in [5.41, 5.74) is -0.0230. The van der Waals surface area contributed by atoms with E-state index in [0.29, 0.717) is 0 Å². The van der Waals surface area contributed by atoms with E-state index in [0.717, 1.165) is 6.07 Å². The van der Waals surface area contributed by atoms with Crippen LogP contribution >= 0.6 is 34.8 Å². The number of carboxylic acids is 1. The molecule has 116 valence electrons. The molecule has 0 aromatic heterocycles. The highest BCUT2D eigenvalue weighted by Gasteiger charge is 2.20. The molecule has 0 aliphatic heterocycles. The van der Waals surface area contributed by atoms with Crippen molar-refractivity contribution in [2.24, 2.45) is 0 Å². The second-order valence-corrected chi connectivity index (χ2v) is 7.06. The number of halogens is 3. The molecule has 2 rings (SSSR count). The highest BCUT2D eigenvalue weighted by Crippen LogP contribution is 2.28. The first kappa shape index (κ1) is 16.9. The largest absolute Gasteiger partial charge is 0.478 e. The highest BCUT2D eigenvalue weighted by molar-refractivity contribution is 7.92. The van der Waals surface area contributed by atoms with E-state index >= 15 is 0 Å². The normalized spacial score (nSPS) is 11.2. The average Bonchev–Trinajstić information content (AvgIpc) is 2.42. The molecule has 0 amide bonds. The van der Waals surface area contributed by atoms with Crippen LogP contribution in [0, 0.1) is 0 Å². The first-order valence-electron chi connectivity index (χ1n) is 5.71. The molecule has 2 aromatic carbocycles. The van der Waals surface area contributed by atoms with Crippen molar-refractivity contribution in [3.63, 3.8) is 0 Å². The zero-order chi connectivity index (χ0) is 16.5. The third-order valence-corrected chi connectivity index (χ3v) is 5.24. The number of hydrogen-bond acceptors (Lipinski definition) is 3. The first-order chi connectivity index (χ1) is 10.2. The molecule has 5 nitrogen and oxygen atoms in total. The van der Waals surface area contributed by atoms with Crippen LogP contribution in [0.2, 0.25) is 15.1 Å². The number of aromatic carboxylic acids is 1. The Bertz CT molecular complexity index is 852. The summed E-state index contributed by atoms with van der Waals surface area (Å²) in [6.07, 6.45) is 0. The lowest BCUT2D eigenvalue weighted by atomic mass is 10.2. The maximum Gasteiger partial charge on any atom is 0.335 e. The lowest BCUT2D eigenvalue weighted by Crippen LogP contribution is -2.14. The Hall–Kier alpha value is -1.47. The number of carboxylic acid groups (broad SMARTS) is 1. The molecule has 9 heteroatoms. The second kappa shape index (κ2) is 6.34. The van der Waals surface area contributed by atoms with E-state index in [-0.39, 0.29) is 31.2 Å². The van der Waals surface area contributed by atoms with Gasteiger partial charge in [0.05, 0.1) is 26.3 Å². The molecule has 0 unspecified atom stereocenters. The van der Waals surface area contributed by atoms with E-state index in [1.165, 1.54) is 30.3 Å². The molecule has 0 spiro atoms. The Morgan fingerprint density at radius 3 is 2.18 bits per heavy atom. The molecule has 0 atom stereocenters. The fraction of sp³-hybridized carbons (Fsp3) is 0. The SMILES string of the molecule is O=C(O)c1ccc(Cl)c(S(=O)(=O)Nc2ccc(Cl)c(Cl)c2)c1. The van der Waals surface area contributed by atoms with Crippen molar-refractivity contribution < 1.29 is 18.3 Å². The van der Waals surface area contributed by atoms with Gasteiger partial charge in [0.1, 0.15) is 4.90 Å². The lowest BCUT2D eigenvalue weighted by molar-refractivity contribution is 0.0696. The zero-order valence-corrected chi connectivity index (χ0v) is 13.8. The minimum atomic E-state index is -4.08. The van der Waals surface area contributed by atoms with Crippen molar-refractivity contribution in [1.29, 1.82) is 0 Å². The highest BCUT2D eigenvalue weighted by atomic mass is 35.5. The van der Waals surface area contributed by atoms with Gasteiger partial charge in [-0.3, -0.25) is 4.72 Å². The van der Waals surface area contributed by atoms with Crippen molar-refractivity contribution >= 4 is 56.5 Å². The third kappa shape index (κ3) is 3.64. The number of carbonyl (C=O) groups is 1. The number of anilines is 1. The Morgan fingerprint density at radius 2 is 1.59 bits per heavy atom. The van der Waals surface area contributed by atoms with Crippen molar-refractivity contribution in [1.82, 2.24) is 0 Å². The molecule has 0 aliphatic rings. The quantitative estimate of drug-likeness (QED) is 0.835. The van der Waals surface area contributed by atoms with Crippen molar-refractivity contribution in [3.8, 4) is 0 Å². The van der Waals surface area contributed by atoms with Crippen LogP contribution in [0.15, 0.2) is 41.3 Å². The van der Waals surface area contributed by atoms with Gasteiger partial charge in [0.25, 0.3) is 10.0 Å². The Balaban J connectivity index is 2.44. The summed E-state index contributed by atoms with van der Waals surface area (Å²) < 4.78 is 26.9. The molecule has 2 aromatic rings. The summed E-state index contributed by atoms with van der Waals surface area (Å²) >= 11 is 17.4. The van der Waals surface area contributed by atoms with Gasteiger partial charge in [0.2, 0.25) is 0 Å². The second-order valence-electron chi connectivity index (χ2n) is 4.18. The van der Waals surface area contributed by atoms with E-state index in [1.54, 1.807) is 0 Å². The van der Waals surface area contributed by atoms with Crippen molar-refractivity contribution in [3.05, 3.63) is 57.0 Å². The molecule has 0 fully saturated rings. The van der Waals surface area contributed by atoms with Crippen LogP contribution in [0.25, 0.3) is 0 Å². The minimum Gasteiger partial charge on any atom is -0.478 e. The van der Waals surface area contributed by atoms with E-state index in [9.17, 15) is 13.2 Å². The first-order valence-corrected chi connectivity index (χ1v) is 8.33. The summed E-state index contributed by atoms with van der Waals surface area (Å²) in [4.78, 5) is 10.6. The number of nitrogens with one attached hydrogen (secondary N) is 1. The minimum absolute atomic E-state index is 0.0995. The molecule has 0 radical (unpaired) electrons. The van der Waals surface area contributed by atoms with E-state index in [1.807, 2.05) is 0 Å². The van der Waals surface area contributed by atoms with Crippen LogP contribution in [0.5, 0.6) is 0 Å². The summed E-state index contributed by atoms with van der Waals surface area (Å²) in [5.74, 6) is -1.26. The molecular weight excluding hydrogens is 373 g/mol.